The maximum atomic E-state index is 5.59. The molecule has 3 heteroatoms. The first kappa shape index (κ1) is 11.0. The lowest BCUT2D eigenvalue weighted by molar-refractivity contribution is 0.0553. The van der Waals surface area contributed by atoms with Crippen LogP contribution < -0.4 is 4.74 Å². The first-order valence-corrected chi connectivity index (χ1v) is 5.57. The highest BCUT2D eigenvalue weighted by atomic mass is 16.5. The van der Waals surface area contributed by atoms with Crippen LogP contribution in [0.3, 0.4) is 0 Å². The minimum absolute atomic E-state index is 0.259. The van der Waals surface area contributed by atoms with Crippen molar-refractivity contribution >= 4 is 10.9 Å². The lowest BCUT2D eigenvalue weighted by Crippen LogP contribution is -2.11. The third-order valence-corrected chi connectivity index (χ3v) is 2.33. The largest absolute Gasteiger partial charge is 0.491 e. The second-order valence-corrected chi connectivity index (χ2v) is 3.99. The molecule has 86 valence electrons. The molecule has 0 amide bonds. The van der Waals surface area contributed by atoms with Gasteiger partial charge < -0.3 is 14.5 Å². The Hall–Kier alpha value is -1.48. The summed E-state index contributed by atoms with van der Waals surface area (Å²) in [5.74, 6) is 0.877. The lowest BCUT2D eigenvalue weighted by atomic mass is 10.2. The van der Waals surface area contributed by atoms with Gasteiger partial charge in [0.2, 0.25) is 0 Å². The Bertz CT molecular complexity index is 448. The molecule has 1 heterocycles. The smallest absolute Gasteiger partial charge is 0.121 e. The van der Waals surface area contributed by atoms with Gasteiger partial charge in [-0.25, -0.2) is 0 Å². The van der Waals surface area contributed by atoms with Crippen LogP contribution in [-0.2, 0) is 4.74 Å². The van der Waals surface area contributed by atoms with E-state index in [1.54, 1.807) is 0 Å². The third-order valence-electron chi connectivity index (χ3n) is 2.33. The molecule has 0 aliphatic rings. The number of fused-ring (bicyclic) bond motifs is 1. The first-order valence-electron chi connectivity index (χ1n) is 5.57. The van der Waals surface area contributed by atoms with Crippen molar-refractivity contribution in [1.29, 1.82) is 0 Å². The van der Waals surface area contributed by atoms with E-state index in [9.17, 15) is 0 Å². The average molecular weight is 219 g/mol. The van der Waals surface area contributed by atoms with E-state index in [1.807, 2.05) is 44.3 Å². The van der Waals surface area contributed by atoms with Crippen molar-refractivity contribution in [2.75, 3.05) is 13.2 Å². The van der Waals surface area contributed by atoms with Crippen molar-refractivity contribution in [3.63, 3.8) is 0 Å². The molecule has 2 rings (SSSR count). The molecule has 1 N–H and O–H groups in total. The summed E-state index contributed by atoms with van der Waals surface area (Å²) in [4.78, 5) is 3.16. The van der Waals surface area contributed by atoms with Crippen LogP contribution in [0.4, 0.5) is 0 Å². The summed E-state index contributed by atoms with van der Waals surface area (Å²) in [7, 11) is 0. The van der Waals surface area contributed by atoms with Crippen LogP contribution in [0.15, 0.2) is 30.5 Å². The van der Waals surface area contributed by atoms with Crippen LogP contribution in [0, 0.1) is 0 Å². The molecule has 0 radical (unpaired) electrons. The molecule has 0 unspecified atom stereocenters. The van der Waals surface area contributed by atoms with Gasteiger partial charge in [0.05, 0.1) is 12.7 Å². The normalized spacial score (nSPS) is 11.2. The summed E-state index contributed by atoms with van der Waals surface area (Å²) in [5, 5.41) is 1.20. The van der Waals surface area contributed by atoms with Crippen LogP contribution in [-0.4, -0.2) is 24.3 Å². The molecule has 0 atom stereocenters. The Balaban J connectivity index is 1.89. The van der Waals surface area contributed by atoms with Gasteiger partial charge in [0.15, 0.2) is 0 Å². The summed E-state index contributed by atoms with van der Waals surface area (Å²) in [6.45, 7) is 5.25. The maximum Gasteiger partial charge on any atom is 0.121 e. The minimum Gasteiger partial charge on any atom is -0.491 e. The summed E-state index contributed by atoms with van der Waals surface area (Å²) in [6, 6.07) is 8.07. The number of hydrogen-bond acceptors (Lipinski definition) is 2. The van der Waals surface area contributed by atoms with E-state index < -0.39 is 0 Å². The maximum absolute atomic E-state index is 5.59. The van der Waals surface area contributed by atoms with Crippen molar-refractivity contribution in [1.82, 2.24) is 4.98 Å². The topological polar surface area (TPSA) is 34.2 Å². The predicted molar refractivity (Wildman–Crippen MR) is 64.9 cm³/mol. The highest BCUT2D eigenvalue weighted by Gasteiger charge is 1.98. The fourth-order valence-electron chi connectivity index (χ4n) is 1.56. The molecular formula is C13H17NO2. The van der Waals surface area contributed by atoms with Crippen LogP contribution >= 0.6 is 0 Å². The van der Waals surface area contributed by atoms with Gasteiger partial charge in [0.25, 0.3) is 0 Å². The van der Waals surface area contributed by atoms with E-state index in [0.717, 1.165) is 11.3 Å². The molecular weight excluding hydrogens is 202 g/mol. The molecule has 0 aliphatic heterocycles. The van der Waals surface area contributed by atoms with Crippen molar-refractivity contribution in [2.24, 2.45) is 0 Å². The summed E-state index contributed by atoms with van der Waals surface area (Å²) in [5.41, 5.74) is 1.10. The van der Waals surface area contributed by atoms with E-state index in [4.69, 9.17) is 9.47 Å². The Morgan fingerprint density at radius 3 is 2.88 bits per heavy atom. The van der Waals surface area contributed by atoms with E-state index in [0.29, 0.717) is 13.2 Å². The highest BCUT2D eigenvalue weighted by Crippen LogP contribution is 2.19. The van der Waals surface area contributed by atoms with Gasteiger partial charge in [0, 0.05) is 17.8 Å². The molecule has 0 saturated heterocycles. The fourth-order valence-corrected chi connectivity index (χ4v) is 1.56. The van der Waals surface area contributed by atoms with Gasteiger partial charge in [-0.2, -0.15) is 0 Å². The van der Waals surface area contributed by atoms with E-state index in [-0.39, 0.29) is 6.10 Å². The van der Waals surface area contributed by atoms with E-state index in [1.165, 1.54) is 5.39 Å². The van der Waals surface area contributed by atoms with E-state index in [2.05, 4.69) is 4.98 Å². The number of rotatable bonds is 5. The number of nitrogens with one attached hydrogen (secondary N) is 1. The van der Waals surface area contributed by atoms with Gasteiger partial charge in [-0.05, 0) is 37.4 Å². The van der Waals surface area contributed by atoms with Gasteiger partial charge >= 0.3 is 0 Å². The van der Waals surface area contributed by atoms with Gasteiger partial charge in [-0.3, -0.25) is 0 Å². The van der Waals surface area contributed by atoms with E-state index >= 15 is 0 Å². The number of ether oxygens (including phenoxy) is 2. The highest BCUT2D eigenvalue weighted by molar-refractivity contribution is 5.80. The zero-order valence-corrected chi connectivity index (χ0v) is 9.69. The minimum atomic E-state index is 0.259. The quantitative estimate of drug-likeness (QED) is 0.784. The molecule has 2 aromatic rings. The summed E-state index contributed by atoms with van der Waals surface area (Å²) >= 11 is 0. The van der Waals surface area contributed by atoms with Crippen LogP contribution in [0.1, 0.15) is 13.8 Å². The van der Waals surface area contributed by atoms with Gasteiger partial charge in [-0.15, -0.1) is 0 Å². The molecule has 1 aromatic carbocycles. The van der Waals surface area contributed by atoms with Crippen molar-refractivity contribution in [3.8, 4) is 5.75 Å². The number of benzene rings is 1. The van der Waals surface area contributed by atoms with Crippen LogP contribution in [0.5, 0.6) is 5.75 Å². The van der Waals surface area contributed by atoms with Crippen molar-refractivity contribution in [2.45, 2.75) is 20.0 Å². The number of hydrogen-bond donors (Lipinski definition) is 1. The molecule has 0 spiro atoms. The predicted octanol–water partition coefficient (Wildman–Crippen LogP) is 2.97. The van der Waals surface area contributed by atoms with Crippen molar-refractivity contribution < 1.29 is 9.47 Å². The number of aromatic nitrogens is 1. The zero-order valence-electron chi connectivity index (χ0n) is 9.69. The van der Waals surface area contributed by atoms with Gasteiger partial charge in [-0.1, -0.05) is 0 Å². The second-order valence-electron chi connectivity index (χ2n) is 3.99. The zero-order chi connectivity index (χ0) is 11.4. The van der Waals surface area contributed by atoms with Gasteiger partial charge in [0.1, 0.15) is 12.4 Å². The lowest BCUT2D eigenvalue weighted by Gasteiger charge is -2.09. The molecule has 3 nitrogen and oxygen atoms in total. The monoisotopic (exact) mass is 219 g/mol. The average Bonchev–Trinajstić information content (AvgIpc) is 2.71. The molecule has 0 aliphatic carbocycles. The molecule has 1 aromatic heterocycles. The Kier molecular flexibility index (Phi) is 3.47. The Labute approximate surface area is 95.4 Å². The van der Waals surface area contributed by atoms with Crippen molar-refractivity contribution in [3.05, 3.63) is 30.5 Å². The summed E-state index contributed by atoms with van der Waals surface area (Å²) in [6.07, 6.45) is 2.19. The SMILES string of the molecule is CC(C)OCCOc1ccc2cc[nH]c2c1. The Morgan fingerprint density at radius 2 is 2.06 bits per heavy atom. The molecule has 16 heavy (non-hydrogen) atoms. The standard InChI is InChI=1S/C13H17NO2/c1-10(2)15-7-8-16-12-4-3-11-5-6-14-13(11)9-12/h3-6,9-10,14H,7-8H2,1-2H3. The third kappa shape index (κ3) is 2.76. The number of aromatic amines is 1. The second kappa shape index (κ2) is 5.03. The first-order chi connectivity index (χ1) is 7.75. The van der Waals surface area contributed by atoms with Crippen LogP contribution in [0.2, 0.25) is 0 Å². The summed E-state index contributed by atoms with van der Waals surface area (Å²) < 4.78 is 11.0. The fraction of sp³-hybridized carbons (Fsp3) is 0.385. The molecule has 0 saturated carbocycles. The number of H-pyrrole nitrogens is 1. The molecule has 0 fully saturated rings. The molecule has 0 bridgehead atoms. The van der Waals surface area contributed by atoms with Crippen LogP contribution in [0.25, 0.3) is 10.9 Å². The Morgan fingerprint density at radius 1 is 1.19 bits per heavy atom.